The molecule has 1 aromatic rings. The van der Waals surface area contributed by atoms with Crippen molar-refractivity contribution in [1.29, 1.82) is 0 Å². The topological polar surface area (TPSA) is 79.3 Å². The van der Waals surface area contributed by atoms with E-state index >= 15 is 0 Å². The minimum Gasteiger partial charge on any atom is -0.478 e. The lowest BCUT2D eigenvalue weighted by Gasteiger charge is -2.08. The van der Waals surface area contributed by atoms with Crippen molar-refractivity contribution in [3.63, 3.8) is 0 Å². The quantitative estimate of drug-likeness (QED) is 0.756. The molecule has 0 fully saturated rings. The van der Waals surface area contributed by atoms with Crippen LogP contribution in [0.3, 0.4) is 0 Å². The average molecular weight is 298 g/mol. The van der Waals surface area contributed by atoms with E-state index in [4.69, 9.17) is 5.11 Å². The number of carboxylic acid groups (broad SMARTS) is 1. The third-order valence-corrected chi connectivity index (χ3v) is 3.23. The highest BCUT2D eigenvalue weighted by atomic mass is 16.4. The fraction of sp³-hybridized carbons (Fsp3) is 0.235. The van der Waals surface area contributed by atoms with E-state index in [1.165, 1.54) is 12.3 Å². The number of aromatic carboxylic acids is 1. The number of carbonyl (C=O) groups is 2. The highest BCUT2D eigenvalue weighted by molar-refractivity contribution is 5.98. The molecule has 1 heterocycles. The highest BCUT2D eigenvalue weighted by Gasteiger charge is 2.10. The molecule has 0 amide bonds. The van der Waals surface area contributed by atoms with Gasteiger partial charge in [-0.2, -0.15) is 0 Å². The van der Waals surface area contributed by atoms with Gasteiger partial charge in [0.2, 0.25) is 0 Å². The lowest BCUT2D eigenvalue weighted by molar-refractivity contribution is -0.115. The first kappa shape index (κ1) is 15.7. The summed E-state index contributed by atoms with van der Waals surface area (Å²) in [4.78, 5) is 27.1. The van der Waals surface area contributed by atoms with Crippen LogP contribution in [0.25, 0.3) is 0 Å². The molecular weight excluding hydrogens is 280 g/mol. The number of hydrogen-bond acceptors (Lipinski definition) is 4. The molecule has 0 saturated heterocycles. The maximum atomic E-state index is 12.1. The van der Waals surface area contributed by atoms with E-state index in [0.29, 0.717) is 25.2 Å². The summed E-state index contributed by atoms with van der Waals surface area (Å²) < 4.78 is 0. The smallest absolute Gasteiger partial charge is 0.339 e. The molecule has 5 heteroatoms. The Morgan fingerprint density at radius 2 is 2.18 bits per heavy atom. The first-order chi connectivity index (χ1) is 10.7. The van der Waals surface area contributed by atoms with Gasteiger partial charge in [-0.3, -0.25) is 4.79 Å². The Morgan fingerprint density at radius 1 is 1.32 bits per heavy atom. The lowest BCUT2D eigenvalue weighted by Crippen LogP contribution is -2.11. The number of anilines is 1. The number of ketones is 1. The third kappa shape index (κ3) is 4.41. The zero-order valence-corrected chi connectivity index (χ0v) is 12.2. The van der Waals surface area contributed by atoms with Crippen LogP contribution in [0.5, 0.6) is 0 Å². The number of carbonyl (C=O) groups excluding carboxylic acids is 1. The number of pyridine rings is 1. The third-order valence-electron chi connectivity index (χ3n) is 3.23. The molecule has 1 aromatic heterocycles. The number of hydrogen-bond donors (Lipinski definition) is 2. The van der Waals surface area contributed by atoms with Gasteiger partial charge in [0.05, 0.1) is 0 Å². The molecule has 5 nitrogen and oxygen atoms in total. The predicted molar refractivity (Wildman–Crippen MR) is 84.9 cm³/mol. The van der Waals surface area contributed by atoms with Gasteiger partial charge in [-0.05, 0) is 25.0 Å². The fourth-order valence-corrected chi connectivity index (χ4v) is 2.11. The van der Waals surface area contributed by atoms with Crippen LogP contribution in [0.1, 0.15) is 29.6 Å². The Labute approximate surface area is 129 Å². The van der Waals surface area contributed by atoms with Gasteiger partial charge in [-0.15, -0.1) is 0 Å². The van der Waals surface area contributed by atoms with E-state index in [1.54, 1.807) is 6.07 Å². The van der Waals surface area contributed by atoms with Crippen LogP contribution < -0.4 is 5.32 Å². The summed E-state index contributed by atoms with van der Waals surface area (Å²) >= 11 is 0. The number of carboxylic acids is 1. The van der Waals surface area contributed by atoms with Crippen molar-refractivity contribution >= 4 is 17.6 Å². The minimum absolute atomic E-state index is 0.0984. The van der Waals surface area contributed by atoms with E-state index in [-0.39, 0.29) is 11.3 Å². The van der Waals surface area contributed by atoms with Crippen LogP contribution in [0.2, 0.25) is 0 Å². The standard InChI is InChI=1S/C17H18N2O3/c20-15(13-7-3-1-2-4-8-13)10-6-12-19-16-14(17(21)22)9-5-11-18-16/h1-3,5,7-9,11H,4,6,10,12H2,(H,18,19)(H,21,22). The number of rotatable bonds is 7. The van der Waals surface area contributed by atoms with Crippen molar-refractivity contribution in [2.45, 2.75) is 19.3 Å². The minimum atomic E-state index is -1.02. The number of Topliss-reactive ketones (excluding diaryl/α,β-unsaturated/α-hetero) is 1. The Hall–Kier alpha value is -2.69. The van der Waals surface area contributed by atoms with Gasteiger partial charge < -0.3 is 10.4 Å². The Kier molecular flexibility index (Phi) is 5.65. The van der Waals surface area contributed by atoms with Crippen molar-refractivity contribution < 1.29 is 14.7 Å². The molecule has 2 N–H and O–H groups in total. The number of nitrogens with one attached hydrogen (secondary N) is 1. The molecule has 0 bridgehead atoms. The van der Waals surface area contributed by atoms with Gasteiger partial charge in [-0.25, -0.2) is 9.78 Å². The Bertz CT molecular complexity index is 645. The van der Waals surface area contributed by atoms with E-state index in [2.05, 4.69) is 10.3 Å². The molecule has 0 spiro atoms. The molecule has 1 aliphatic rings. The first-order valence-corrected chi connectivity index (χ1v) is 7.17. The summed E-state index contributed by atoms with van der Waals surface area (Å²) in [5.74, 6) is -0.589. The first-order valence-electron chi connectivity index (χ1n) is 7.17. The van der Waals surface area contributed by atoms with Gasteiger partial charge in [-0.1, -0.05) is 30.4 Å². The molecule has 22 heavy (non-hydrogen) atoms. The maximum absolute atomic E-state index is 12.1. The summed E-state index contributed by atoms with van der Waals surface area (Å²) in [6.45, 7) is 0.498. The van der Waals surface area contributed by atoms with Gasteiger partial charge in [0.1, 0.15) is 11.4 Å². The fourth-order valence-electron chi connectivity index (χ4n) is 2.11. The molecular formula is C17H18N2O3. The van der Waals surface area contributed by atoms with Crippen LogP contribution in [-0.4, -0.2) is 28.4 Å². The highest BCUT2D eigenvalue weighted by Crippen LogP contribution is 2.13. The van der Waals surface area contributed by atoms with Crippen molar-refractivity contribution in [3.05, 3.63) is 59.8 Å². The van der Waals surface area contributed by atoms with Crippen LogP contribution >= 0.6 is 0 Å². The predicted octanol–water partition coefficient (Wildman–Crippen LogP) is 2.98. The van der Waals surface area contributed by atoms with Crippen LogP contribution in [0.4, 0.5) is 5.82 Å². The van der Waals surface area contributed by atoms with Gasteiger partial charge in [0.15, 0.2) is 5.78 Å². The summed E-state index contributed by atoms with van der Waals surface area (Å²) in [5, 5.41) is 12.0. The van der Waals surface area contributed by atoms with Crippen LogP contribution in [0.15, 0.2) is 54.3 Å². The zero-order valence-electron chi connectivity index (χ0n) is 12.2. The molecule has 0 atom stereocenters. The van der Waals surface area contributed by atoms with E-state index in [9.17, 15) is 9.59 Å². The number of aromatic nitrogens is 1. The maximum Gasteiger partial charge on any atom is 0.339 e. The number of nitrogens with zero attached hydrogens (tertiary/aromatic N) is 1. The van der Waals surface area contributed by atoms with Gasteiger partial charge in [0.25, 0.3) is 0 Å². The second-order valence-electron chi connectivity index (χ2n) is 4.84. The van der Waals surface area contributed by atoms with E-state index in [0.717, 1.165) is 12.0 Å². The van der Waals surface area contributed by atoms with Crippen LogP contribution in [0, 0.1) is 0 Å². The van der Waals surface area contributed by atoms with Crippen LogP contribution in [-0.2, 0) is 4.79 Å². The molecule has 0 aromatic carbocycles. The second kappa shape index (κ2) is 7.93. The molecule has 1 aliphatic carbocycles. The van der Waals surface area contributed by atoms with E-state index in [1.807, 2.05) is 30.4 Å². The van der Waals surface area contributed by atoms with Gasteiger partial charge in [0, 0.05) is 24.7 Å². The number of allylic oxidation sites excluding steroid dienone is 6. The largest absolute Gasteiger partial charge is 0.478 e. The molecule has 0 radical (unpaired) electrons. The monoisotopic (exact) mass is 298 g/mol. The molecule has 0 aliphatic heterocycles. The van der Waals surface area contributed by atoms with Crippen molar-refractivity contribution in [2.24, 2.45) is 0 Å². The van der Waals surface area contributed by atoms with Gasteiger partial charge >= 0.3 is 5.97 Å². The Morgan fingerprint density at radius 3 is 3.00 bits per heavy atom. The summed E-state index contributed by atoms with van der Waals surface area (Å²) in [7, 11) is 0. The normalized spacial score (nSPS) is 13.4. The zero-order chi connectivity index (χ0) is 15.8. The summed E-state index contributed by atoms with van der Waals surface area (Å²) in [6, 6.07) is 3.08. The summed E-state index contributed by atoms with van der Waals surface area (Å²) in [6.07, 6.45) is 12.8. The molecule has 114 valence electrons. The molecule has 0 saturated carbocycles. The SMILES string of the molecule is O=C(CCCNc1ncccc1C(=O)O)C1=CCC=CC=C1. The van der Waals surface area contributed by atoms with Crippen molar-refractivity contribution in [3.8, 4) is 0 Å². The van der Waals surface area contributed by atoms with Crippen molar-refractivity contribution in [1.82, 2.24) is 4.98 Å². The Balaban J connectivity index is 1.81. The van der Waals surface area contributed by atoms with E-state index < -0.39 is 5.97 Å². The molecule has 0 unspecified atom stereocenters. The average Bonchev–Trinajstić information content (AvgIpc) is 2.81. The summed E-state index contributed by atoms with van der Waals surface area (Å²) in [5.41, 5.74) is 0.864. The molecule has 2 rings (SSSR count). The van der Waals surface area contributed by atoms with Crippen molar-refractivity contribution in [2.75, 3.05) is 11.9 Å². The second-order valence-corrected chi connectivity index (χ2v) is 4.84. The lowest BCUT2D eigenvalue weighted by atomic mass is 10.1.